The molecular formula is C33H23ClN4O5. The number of carbonyl (C=O) groups excluding carboxylic acids is 4. The third kappa shape index (κ3) is 7.10. The monoisotopic (exact) mass is 590 g/mol. The first-order chi connectivity index (χ1) is 20.9. The quantitative estimate of drug-likeness (QED) is 0.0699. The van der Waals surface area contributed by atoms with Crippen LogP contribution in [0.15, 0.2) is 120 Å². The maximum Gasteiger partial charge on any atom is 0.343 e. The van der Waals surface area contributed by atoms with Gasteiger partial charge in [-0.1, -0.05) is 72.3 Å². The van der Waals surface area contributed by atoms with Gasteiger partial charge in [0, 0.05) is 16.3 Å². The minimum absolute atomic E-state index is 0.127. The molecule has 5 aromatic rings. The van der Waals surface area contributed by atoms with E-state index in [0.29, 0.717) is 27.2 Å². The summed E-state index contributed by atoms with van der Waals surface area (Å²) >= 11 is 5.90. The molecule has 0 unspecified atom stereocenters. The highest BCUT2D eigenvalue weighted by molar-refractivity contribution is 6.40. The maximum atomic E-state index is 12.9. The van der Waals surface area contributed by atoms with Gasteiger partial charge in [0.25, 0.3) is 5.91 Å². The van der Waals surface area contributed by atoms with Crippen LogP contribution >= 0.6 is 11.6 Å². The molecule has 0 aliphatic rings. The van der Waals surface area contributed by atoms with Crippen molar-refractivity contribution < 1.29 is 23.9 Å². The number of fused-ring (bicyclic) bond motifs is 1. The van der Waals surface area contributed by atoms with Gasteiger partial charge in [0.2, 0.25) is 0 Å². The van der Waals surface area contributed by atoms with Crippen molar-refractivity contribution in [3.05, 3.63) is 137 Å². The van der Waals surface area contributed by atoms with Gasteiger partial charge in [0.1, 0.15) is 5.75 Å². The second kappa shape index (κ2) is 13.2. The van der Waals surface area contributed by atoms with E-state index in [2.05, 4.69) is 21.2 Å². The van der Waals surface area contributed by atoms with Gasteiger partial charge in [0.15, 0.2) is 0 Å². The molecule has 0 aliphatic heterocycles. The van der Waals surface area contributed by atoms with Gasteiger partial charge in [-0.3, -0.25) is 14.4 Å². The predicted octanol–water partition coefficient (Wildman–Crippen LogP) is 6.05. The molecule has 212 valence electrons. The fourth-order valence-corrected chi connectivity index (χ4v) is 4.26. The van der Waals surface area contributed by atoms with Crippen LogP contribution in [0.3, 0.4) is 0 Å². The fraction of sp³-hybridized carbons (Fsp3) is 0. The number of amides is 3. The van der Waals surface area contributed by atoms with Crippen LogP contribution in [0, 0.1) is 0 Å². The Hall–Kier alpha value is -5.80. The van der Waals surface area contributed by atoms with Crippen LogP contribution in [0.4, 0.5) is 11.4 Å². The fourth-order valence-electron chi connectivity index (χ4n) is 4.14. The van der Waals surface area contributed by atoms with Crippen molar-refractivity contribution in [2.45, 2.75) is 0 Å². The van der Waals surface area contributed by atoms with Crippen LogP contribution in [0.1, 0.15) is 26.3 Å². The molecular weight excluding hydrogens is 568 g/mol. The summed E-state index contributed by atoms with van der Waals surface area (Å²) in [5.41, 5.74) is 3.75. The van der Waals surface area contributed by atoms with Crippen molar-refractivity contribution in [3.8, 4) is 5.75 Å². The zero-order chi connectivity index (χ0) is 30.2. The van der Waals surface area contributed by atoms with Crippen molar-refractivity contribution in [2.24, 2.45) is 5.10 Å². The first kappa shape index (κ1) is 28.7. The third-order valence-corrected chi connectivity index (χ3v) is 6.48. The zero-order valence-electron chi connectivity index (χ0n) is 22.4. The van der Waals surface area contributed by atoms with E-state index in [9.17, 15) is 19.2 Å². The molecule has 5 aromatic carbocycles. The lowest BCUT2D eigenvalue weighted by molar-refractivity contribution is -0.136. The molecule has 0 saturated heterocycles. The van der Waals surface area contributed by atoms with Gasteiger partial charge >= 0.3 is 17.8 Å². The van der Waals surface area contributed by atoms with Gasteiger partial charge in [-0.25, -0.2) is 10.2 Å². The van der Waals surface area contributed by atoms with Crippen molar-refractivity contribution in [1.29, 1.82) is 0 Å². The Labute approximate surface area is 251 Å². The first-order valence-electron chi connectivity index (χ1n) is 13.0. The Morgan fingerprint density at radius 2 is 1.40 bits per heavy atom. The van der Waals surface area contributed by atoms with E-state index >= 15 is 0 Å². The molecule has 3 amide bonds. The average molecular weight is 591 g/mol. The second-order valence-electron chi connectivity index (χ2n) is 9.11. The second-order valence-corrected chi connectivity index (χ2v) is 9.55. The van der Waals surface area contributed by atoms with Crippen LogP contribution in [-0.2, 0) is 9.59 Å². The molecule has 10 heteroatoms. The highest BCUT2D eigenvalue weighted by atomic mass is 35.5. The molecule has 43 heavy (non-hydrogen) atoms. The van der Waals surface area contributed by atoms with Gasteiger partial charge < -0.3 is 15.4 Å². The van der Waals surface area contributed by atoms with Gasteiger partial charge in [-0.2, -0.15) is 5.10 Å². The number of carbonyl (C=O) groups is 4. The summed E-state index contributed by atoms with van der Waals surface area (Å²) < 4.78 is 5.64. The number of esters is 1. The lowest BCUT2D eigenvalue weighted by atomic mass is 10.0. The summed E-state index contributed by atoms with van der Waals surface area (Å²) in [4.78, 5) is 50.9. The highest BCUT2D eigenvalue weighted by Crippen LogP contribution is 2.27. The molecule has 0 fully saturated rings. The van der Waals surface area contributed by atoms with Crippen LogP contribution in [0.5, 0.6) is 5.75 Å². The Morgan fingerprint density at radius 1 is 0.698 bits per heavy atom. The molecule has 9 nitrogen and oxygen atoms in total. The van der Waals surface area contributed by atoms with Crippen LogP contribution in [0.25, 0.3) is 10.8 Å². The van der Waals surface area contributed by atoms with Crippen molar-refractivity contribution in [2.75, 3.05) is 10.6 Å². The maximum absolute atomic E-state index is 12.9. The van der Waals surface area contributed by atoms with Crippen LogP contribution < -0.4 is 20.8 Å². The van der Waals surface area contributed by atoms with E-state index in [1.54, 1.807) is 78.9 Å². The Morgan fingerprint density at radius 3 is 2.19 bits per heavy atom. The summed E-state index contributed by atoms with van der Waals surface area (Å²) in [7, 11) is 0. The smallest absolute Gasteiger partial charge is 0.343 e. The molecule has 0 bridgehead atoms. The van der Waals surface area contributed by atoms with E-state index in [1.165, 1.54) is 18.3 Å². The number of anilines is 2. The molecule has 3 N–H and O–H groups in total. The molecule has 0 saturated carbocycles. The van der Waals surface area contributed by atoms with Crippen molar-refractivity contribution in [1.82, 2.24) is 5.43 Å². The number of ether oxygens (including phenoxy) is 1. The summed E-state index contributed by atoms with van der Waals surface area (Å²) in [5.74, 6) is -2.96. The van der Waals surface area contributed by atoms with Crippen LogP contribution in [0.2, 0.25) is 5.02 Å². The van der Waals surface area contributed by atoms with E-state index in [0.717, 1.165) is 5.39 Å². The number of benzene rings is 5. The number of nitrogens with zero attached hydrogens (tertiary/aromatic N) is 1. The number of hydrazone groups is 1. The number of hydrogen-bond donors (Lipinski definition) is 3. The third-order valence-electron chi connectivity index (χ3n) is 6.23. The summed E-state index contributed by atoms with van der Waals surface area (Å²) in [5, 5.41) is 11.2. The lowest BCUT2D eigenvalue weighted by Crippen LogP contribution is -2.33. The van der Waals surface area contributed by atoms with Gasteiger partial charge in [0.05, 0.1) is 23.0 Å². The number of nitrogens with one attached hydrogen (secondary N) is 3. The van der Waals surface area contributed by atoms with Crippen molar-refractivity contribution in [3.63, 3.8) is 0 Å². The Kier molecular flexibility index (Phi) is 8.84. The van der Waals surface area contributed by atoms with E-state index in [1.807, 2.05) is 24.3 Å². The molecule has 0 aliphatic carbocycles. The molecule has 0 heterocycles. The molecule has 0 aromatic heterocycles. The van der Waals surface area contributed by atoms with E-state index in [-0.39, 0.29) is 17.0 Å². The number of rotatable bonds is 7. The van der Waals surface area contributed by atoms with Gasteiger partial charge in [-0.05, 0) is 65.4 Å². The highest BCUT2D eigenvalue weighted by Gasteiger charge is 2.18. The topological polar surface area (TPSA) is 126 Å². The number of para-hydroxylation sites is 1. The standard InChI is InChI=1S/C33H23ClN4O5/c34-23-15-17-24(18-16-23)36-30(39)26-12-6-7-13-28(26)37-31(40)32(41)38-35-20-27-25-11-5-4-8-21(25)14-19-29(27)43-33(42)22-9-2-1-3-10-22/h1-20H,(H,36,39)(H,37,40)(H,38,41)/b35-20-. The summed E-state index contributed by atoms with van der Waals surface area (Å²) in [6.45, 7) is 0. The molecule has 0 spiro atoms. The van der Waals surface area contributed by atoms with Crippen LogP contribution in [-0.4, -0.2) is 29.9 Å². The van der Waals surface area contributed by atoms with E-state index < -0.39 is 23.7 Å². The number of halogens is 1. The minimum atomic E-state index is -1.08. The Balaban J connectivity index is 1.29. The van der Waals surface area contributed by atoms with Crippen molar-refractivity contribution >= 4 is 63.7 Å². The average Bonchev–Trinajstić information content (AvgIpc) is 3.03. The molecule has 0 radical (unpaired) electrons. The SMILES string of the molecule is O=C(N/N=C\c1c(OC(=O)c2ccccc2)ccc2ccccc12)C(=O)Nc1ccccc1C(=O)Nc1ccc(Cl)cc1. The van der Waals surface area contributed by atoms with Gasteiger partial charge in [-0.15, -0.1) is 0 Å². The van der Waals surface area contributed by atoms with E-state index in [4.69, 9.17) is 16.3 Å². The number of hydrogen-bond acceptors (Lipinski definition) is 6. The molecule has 5 rings (SSSR count). The normalized spacial score (nSPS) is 10.7. The minimum Gasteiger partial charge on any atom is -0.422 e. The lowest BCUT2D eigenvalue weighted by Gasteiger charge is -2.11. The Bertz CT molecular complexity index is 1860. The summed E-state index contributed by atoms with van der Waals surface area (Å²) in [6, 6.07) is 32.1. The largest absolute Gasteiger partial charge is 0.422 e. The summed E-state index contributed by atoms with van der Waals surface area (Å²) in [6.07, 6.45) is 1.30. The predicted molar refractivity (Wildman–Crippen MR) is 166 cm³/mol. The zero-order valence-corrected chi connectivity index (χ0v) is 23.2. The first-order valence-corrected chi connectivity index (χ1v) is 13.4. The molecule has 0 atom stereocenters.